The van der Waals surface area contributed by atoms with Gasteiger partial charge in [-0.05, 0) is 18.6 Å². The molecule has 21 heavy (non-hydrogen) atoms. The maximum atomic E-state index is 12.3. The molecule has 0 N–H and O–H groups in total. The predicted molar refractivity (Wildman–Crippen MR) is 80.3 cm³/mol. The van der Waals surface area contributed by atoms with E-state index in [4.69, 9.17) is 0 Å². The minimum absolute atomic E-state index is 0.249. The summed E-state index contributed by atoms with van der Waals surface area (Å²) in [5, 5.41) is 0.572. The van der Waals surface area contributed by atoms with E-state index in [0.717, 1.165) is 13.0 Å². The van der Waals surface area contributed by atoms with Crippen LogP contribution in [0.1, 0.15) is 6.42 Å². The number of hydrogen-bond acceptors (Lipinski definition) is 3. The van der Waals surface area contributed by atoms with Crippen molar-refractivity contribution in [3.8, 4) is 0 Å². The van der Waals surface area contributed by atoms with Crippen molar-refractivity contribution in [1.29, 1.82) is 0 Å². The van der Waals surface area contributed by atoms with Crippen LogP contribution < -0.4 is 11.2 Å². The molecule has 2 aromatic heterocycles. The average molecular weight is 284 g/mol. The van der Waals surface area contributed by atoms with Gasteiger partial charge in [-0.25, -0.2) is 9.78 Å². The second-order valence-electron chi connectivity index (χ2n) is 4.97. The Morgan fingerprint density at radius 3 is 2.71 bits per heavy atom. The van der Waals surface area contributed by atoms with Crippen LogP contribution >= 0.6 is 0 Å². The fourth-order valence-electron chi connectivity index (χ4n) is 2.49. The van der Waals surface area contributed by atoms with Crippen molar-refractivity contribution in [1.82, 2.24) is 18.7 Å². The van der Waals surface area contributed by atoms with Gasteiger partial charge in [-0.15, -0.1) is 0 Å². The summed E-state index contributed by atoms with van der Waals surface area (Å²) in [5.41, 5.74) is 0.169. The quantitative estimate of drug-likeness (QED) is 0.717. The largest absolute Gasteiger partial charge is 0.337 e. The molecular formula is C15H16N4O2. The number of imidazole rings is 1. The minimum Gasteiger partial charge on any atom is -0.337 e. The molecular weight excluding hydrogens is 268 g/mol. The molecule has 1 aromatic carbocycles. The van der Waals surface area contributed by atoms with Crippen molar-refractivity contribution in [3.63, 3.8) is 0 Å². The summed E-state index contributed by atoms with van der Waals surface area (Å²) in [7, 11) is 1.52. The van der Waals surface area contributed by atoms with Crippen LogP contribution in [-0.4, -0.2) is 18.7 Å². The third kappa shape index (κ3) is 2.40. The summed E-state index contributed by atoms with van der Waals surface area (Å²) in [4.78, 5) is 28.4. The molecule has 6 heteroatoms. The molecule has 0 aliphatic heterocycles. The Balaban J connectivity index is 1.98. The van der Waals surface area contributed by atoms with Crippen molar-refractivity contribution in [2.24, 2.45) is 7.05 Å². The molecule has 3 aromatic rings. The van der Waals surface area contributed by atoms with Gasteiger partial charge in [0.15, 0.2) is 0 Å². The van der Waals surface area contributed by atoms with E-state index in [1.807, 2.05) is 29.0 Å². The smallest absolute Gasteiger partial charge is 0.331 e. The van der Waals surface area contributed by atoms with Crippen LogP contribution in [0.25, 0.3) is 10.9 Å². The number of benzene rings is 1. The Hall–Kier alpha value is -2.63. The van der Waals surface area contributed by atoms with Crippen LogP contribution in [0, 0.1) is 0 Å². The molecule has 0 radical (unpaired) electrons. The second-order valence-corrected chi connectivity index (χ2v) is 4.97. The third-order valence-corrected chi connectivity index (χ3v) is 3.60. The first-order chi connectivity index (χ1) is 10.2. The topological polar surface area (TPSA) is 61.8 Å². The molecule has 3 rings (SSSR count). The van der Waals surface area contributed by atoms with Crippen molar-refractivity contribution in [2.45, 2.75) is 19.5 Å². The van der Waals surface area contributed by atoms with Crippen LogP contribution in [0.3, 0.4) is 0 Å². The highest BCUT2D eigenvalue weighted by molar-refractivity contribution is 5.77. The monoisotopic (exact) mass is 284 g/mol. The van der Waals surface area contributed by atoms with Crippen molar-refractivity contribution >= 4 is 10.9 Å². The summed E-state index contributed by atoms with van der Waals surface area (Å²) in [6.07, 6.45) is 6.16. The average Bonchev–Trinajstić information content (AvgIpc) is 3.02. The fourth-order valence-corrected chi connectivity index (χ4v) is 2.49. The van der Waals surface area contributed by atoms with E-state index in [1.54, 1.807) is 23.2 Å². The van der Waals surface area contributed by atoms with Gasteiger partial charge in [0, 0.05) is 32.5 Å². The fraction of sp³-hybridized carbons (Fsp3) is 0.267. The van der Waals surface area contributed by atoms with E-state index in [-0.39, 0.29) is 11.2 Å². The molecule has 2 heterocycles. The first-order valence-electron chi connectivity index (χ1n) is 6.83. The predicted octanol–water partition coefficient (Wildman–Crippen LogP) is 0.987. The summed E-state index contributed by atoms with van der Waals surface area (Å²) >= 11 is 0. The summed E-state index contributed by atoms with van der Waals surface area (Å²) in [6, 6.07) is 7.22. The summed E-state index contributed by atoms with van der Waals surface area (Å²) in [5.74, 6) is 0. The zero-order valence-electron chi connectivity index (χ0n) is 11.8. The molecule has 0 aliphatic rings. The van der Waals surface area contributed by atoms with Gasteiger partial charge < -0.3 is 4.57 Å². The van der Waals surface area contributed by atoms with Crippen molar-refractivity contribution in [2.75, 3.05) is 0 Å². The molecule has 0 aliphatic carbocycles. The van der Waals surface area contributed by atoms with Gasteiger partial charge in [0.05, 0.1) is 17.2 Å². The van der Waals surface area contributed by atoms with Gasteiger partial charge >= 0.3 is 5.69 Å². The lowest BCUT2D eigenvalue weighted by molar-refractivity contribution is 0.542. The van der Waals surface area contributed by atoms with Gasteiger partial charge in [0.1, 0.15) is 0 Å². The number of nitrogens with zero attached hydrogens (tertiary/aromatic N) is 4. The lowest BCUT2D eigenvalue weighted by Crippen LogP contribution is -2.38. The van der Waals surface area contributed by atoms with Crippen LogP contribution in [-0.2, 0) is 20.1 Å². The van der Waals surface area contributed by atoms with Crippen LogP contribution in [0.4, 0.5) is 0 Å². The van der Waals surface area contributed by atoms with Crippen LogP contribution in [0.2, 0.25) is 0 Å². The first kappa shape index (κ1) is 13.4. The molecule has 0 spiro atoms. The number of fused-ring (bicyclic) bond motifs is 1. The summed E-state index contributed by atoms with van der Waals surface area (Å²) < 4.78 is 4.79. The molecule has 0 unspecified atom stereocenters. The molecule has 0 bridgehead atoms. The lowest BCUT2D eigenvalue weighted by Gasteiger charge is -2.12. The minimum atomic E-state index is -0.274. The van der Waals surface area contributed by atoms with Gasteiger partial charge in [-0.1, -0.05) is 12.1 Å². The second kappa shape index (κ2) is 5.40. The third-order valence-electron chi connectivity index (χ3n) is 3.60. The Labute approximate surface area is 120 Å². The lowest BCUT2D eigenvalue weighted by atomic mass is 10.2. The SMILES string of the molecule is Cn1c(=O)c2ccccc2n(CCCn2ccnc2)c1=O. The number of hydrogen-bond donors (Lipinski definition) is 0. The van der Waals surface area contributed by atoms with E-state index in [9.17, 15) is 9.59 Å². The van der Waals surface area contributed by atoms with E-state index in [2.05, 4.69) is 4.98 Å². The Kier molecular flexibility index (Phi) is 3.43. The van der Waals surface area contributed by atoms with E-state index < -0.39 is 0 Å². The van der Waals surface area contributed by atoms with Gasteiger partial charge in [0.25, 0.3) is 5.56 Å². The highest BCUT2D eigenvalue weighted by Crippen LogP contribution is 2.08. The number of para-hydroxylation sites is 1. The maximum absolute atomic E-state index is 12.3. The summed E-state index contributed by atoms with van der Waals surface area (Å²) in [6.45, 7) is 1.34. The standard InChI is InChI=1S/C15H16N4O2/c1-17-14(20)12-5-2-3-6-13(12)19(15(17)21)9-4-8-18-10-7-16-11-18/h2-3,5-7,10-11H,4,8-9H2,1H3. The van der Waals surface area contributed by atoms with Crippen molar-refractivity contribution in [3.05, 3.63) is 63.8 Å². The van der Waals surface area contributed by atoms with Crippen LogP contribution in [0.15, 0.2) is 52.6 Å². The number of rotatable bonds is 4. The highest BCUT2D eigenvalue weighted by Gasteiger charge is 2.09. The Morgan fingerprint density at radius 1 is 1.14 bits per heavy atom. The van der Waals surface area contributed by atoms with Crippen molar-refractivity contribution < 1.29 is 0 Å². The molecule has 0 fully saturated rings. The number of aryl methyl sites for hydroxylation is 2. The molecule has 0 saturated heterocycles. The van der Waals surface area contributed by atoms with Gasteiger partial charge in [0.2, 0.25) is 0 Å². The maximum Gasteiger partial charge on any atom is 0.331 e. The van der Waals surface area contributed by atoms with E-state index in [1.165, 1.54) is 11.6 Å². The normalized spacial score (nSPS) is 11.1. The zero-order valence-corrected chi connectivity index (χ0v) is 11.8. The van der Waals surface area contributed by atoms with E-state index >= 15 is 0 Å². The molecule has 0 saturated carbocycles. The molecule has 6 nitrogen and oxygen atoms in total. The molecule has 0 atom stereocenters. The molecule has 0 amide bonds. The zero-order chi connectivity index (χ0) is 14.8. The Bertz CT molecular complexity index is 875. The van der Waals surface area contributed by atoms with Crippen LogP contribution in [0.5, 0.6) is 0 Å². The Morgan fingerprint density at radius 2 is 1.95 bits per heavy atom. The molecule has 108 valence electrons. The van der Waals surface area contributed by atoms with Gasteiger partial charge in [-0.2, -0.15) is 0 Å². The van der Waals surface area contributed by atoms with Gasteiger partial charge in [-0.3, -0.25) is 13.9 Å². The first-order valence-corrected chi connectivity index (χ1v) is 6.83. The highest BCUT2D eigenvalue weighted by atomic mass is 16.2. The number of aromatic nitrogens is 4. The van der Waals surface area contributed by atoms with E-state index in [0.29, 0.717) is 17.4 Å².